The molecule has 0 saturated carbocycles. The molecule has 0 aliphatic heterocycles. The highest BCUT2D eigenvalue weighted by molar-refractivity contribution is 7.89. The Balaban J connectivity index is 1.48. The first-order valence-corrected chi connectivity index (χ1v) is 11.5. The first-order chi connectivity index (χ1) is 14.4. The molecule has 0 heterocycles. The Hall–Kier alpha value is -2.83. The summed E-state index contributed by atoms with van der Waals surface area (Å²) in [6.07, 6.45) is 1.64. The van der Waals surface area contributed by atoms with E-state index in [4.69, 9.17) is 9.47 Å². The summed E-state index contributed by atoms with van der Waals surface area (Å²) in [4.78, 5) is 0.220. The highest BCUT2D eigenvalue weighted by atomic mass is 32.2. The first-order valence-electron chi connectivity index (χ1n) is 10.0. The number of para-hydroxylation sites is 1. The van der Waals surface area contributed by atoms with Gasteiger partial charge in [0.2, 0.25) is 10.0 Å². The minimum atomic E-state index is -3.55. The summed E-state index contributed by atoms with van der Waals surface area (Å²) in [5.41, 5.74) is 1.15. The molecule has 0 unspecified atom stereocenters. The van der Waals surface area contributed by atoms with Crippen molar-refractivity contribution in [2.45, 2.75) is 37.7 Å². The van der Waals surface area contributed by atoms with E-state index in [0.717, 1.165) is 17.7 Å². The molecular weight excluding hydrogens is 398 g/mol. The fraction of sp³-hybridized carbons (Fsp3) is 0.250. The molecule has 5 nitrogen and oxygen atoms in total. The van der Waals surface area contributed by atoms with E-state index in [1.807, 2.05) is 68.4 Å². The third kappa shape index (κ3) is 6.61. The van der Waals surface area contributed by atoms with Gasteiger partial charge in [0.25, 0.3) is 0 Å². The fourth-order valence-corrected chi connectivity index (χ4v) is 3.97. The molecule has 158 valence electrons. The van der Waals surface area contributed by atoms with E-state index >= 15 is 0 Å². The van der Waals surface area contributed by atoms with Gasteiger partial charge in [-0.15, -0.1) is 0 Å². The van der Waals surface area contributed by atoms with E-state index in [1.54, 1.807) is 24.3 Å². The largest absolute Gasteiger partial charge is 0.491 e. The van der Waals surface area contributed by atoms with Crippen LogP contribution in [-0.2, 0) is 16.4 Å². The van der Waals surface area contributed by atoms with Crippen molar-refractivity contribution >= 4 is 10.0 Å². The zero-order chi connectivity index (χ0) is 21.4. The van der Waals surface area contributed by atoms with E-state index in [2.05, 4.69) is 4.72 Å². The van der Waals surface area contributed by atoms with Crippen molar-refractivity contribution in [3.63, 3.8) is 0 Å². The van der Waals surface area contributed by atoms with Gasteiger partial charge >= 0.3 is 0 Å². The number of hydrogen-bond acceptors (Lipinski definition) is 4. The Kier molecular flexibility index (Phi) is 7.49. The summed E-state index contributed by atoms with van der Waals surface area (Å²) >= 11 is 0. The maximum Gasteiger partial charge on any atom is 0.240 e. The van der Waals surface area contributed by atoms with Crippen LogP contribution in [0.3, 0.4) is 0 Å². The van der Waals surface area contributed by atoms with Crippen LogP contribution in [-0.4, -0.2) is 21.1 Å². The first kappa shape index (κ1) is 21.9. The van der Waals surface area contributed by atoms with Crippen molar-refractivity contribution in [1.82, 2.24) is 4.72 Å². The smallest absolute Gasteiger partial charge is 0.240 e. The molecule has 0 aliphatic rings. The summed E-state index contributed by atoms with van der Waals surface area (Å²) in [7, 11) is -3.55. The molecule has 1 N–H and O–H groups in total. The highest BCUT2D eigenvalue weighted by Crippen LogP contribution is 2.22. The second kappa shape index (κ2) is 10.3. The normalized spacial score (nSPS) is 11.4. The van der Waals surface area contributed by atoms with E-state index in [9.17, 15) is 8.42 Å². The molecule has 30 heavy (non-hydrogen) atoms. The Labute approximate surface area is 178 Å². The summed E-state index contributed by atoms with van der Waals surface area (Å²) in [6.45, 7) is 4.35. The van der Waals surface area contributed by atoms with Crippen LogP contribution in [0.1, 0.15) is 25.8 Å². The van der Waals surface area contributed by atoms with Crippen LogP contribution < -0.4 is 14.2 Å². The monoisotopic (exact) mass is 425 g/mol. The second-order valence-corrected chi connectivity index (χ2v) is 8.97. The maximum atomic E-state index is 12.5. The van der Waals surface area contributed by atoms with Crippen LogP contribution >= 0.6 is 0 Å². The van der Waals surface area contributed by atoms with Gasteiger partial charge in [-0.1, -0.05) is 30.3 Å². The topological polar surface area (TPSA) is 64.6 Å². The third-order valence-corrected chi connectivity index (χ3v) is 5.82. The molecule has 3 aromatic rings. The number of rotatable bonds is 10. The van der Waals surface area contributed by atoms with E-state index in [0.29, 0.717) is 24.5 Å². The van der Waals surface area contributed by atoms with Crippen LogP contribution in [0.5, 0.6) is 17.2 Å². The lowest BCUT2D eigenvalue weighted by Crippen LogP contribution is -2.25. The van der Waals surface area contributed by atoms with Crippen molar-refractivity contribution < 1.29 is 17.9 Å². The molecule has 0 amide bonds. The molecule has 0 fully saturated rings. The third-order valence-electron chi connectivity index (χ3n) is 4.34. The molecule has 6 heteroatoms. The number of benzene rings is 3. The predicted molar refractivity (Wildman–Crippen MR) is 119 cm³/mol. The van der Waals surface area contributed by atoms with E-state index in [-0.39, 0.29) is 11.0 Å². The van der Waals surface area contributed by atoms with Crippen molar-refractivity contribution in [1.29, 1.82) is 0 Å². The summed E-state index contributed by atoms with van der Waals surface area (Å²) in [6, 6.07) is 23.7. The molecule has 0 spiro atoms. The fourth-order valence-electron chi connectivity index (χ4n) is 2.90. The maximum absolute atomic E-state index is 12.5. The minimum absolute atomic E-state index is 0.143. The molecule has 3 aromatic carbocycles. The Morgan fingerprint density at radius 2 is 1.40 bits per heavy atom. The van der Waals surface area contributed by atoms with Gasteiger partial charge in [-0.25, -0.2) is 13.1 Å². The Bertz CT molecular complexity index is 1020. The van der Waals surface area contributed by atoms with E-state index < -0.39 is 10.0 Å². The molecule has 0 aromatic heterocycles. The van der Waals surface area contributed by atoms with Crippen LogP contribution in [0.25, 0.3) is 0 Å². The van der Waals surface area contributed by atoms with Crippen LogP contribution in [0, 0.1) is 0 Å². The number of nitrogens with one attached hydrogen (secondary N) is 1. The highest BCUT2D eigenvalue weighted by Gasteiger charge is 2.13. The van der Waals surface area contributed by atoms with Gasteiger partial charge in [0, 0.05) is 6.54 Å². The van der Waals surface area contributed by atoms with Gasteiger partial charge in [0.15, 0.2) is 0 Å². The quantitative estimate of drug-likeness (QED) is 0.455. The van der Waals surface area contributed by atoms with Gasteiger partial charge in [0.1, 0.15) is 17.2 Å². The van der Waals surface area contributed by atoms with Gasteiger partial charge in [-0.2, -0.15) is 0 Å². The summed E-state index contributed by atoms with van der Waals surface area (Å²) in [5.74, 6) is 2.13. The Morgan fingerprint density at radius 3 is 2.03 bits per heavy atom. The molecule has 0 bridgehead atoms. The zero-order valence-corrected chi connectivity index (χ0v) is 18.1. The molecule has 0 atom stereocenters. The standard InChI is InChI=1S/C24H27NO4S/c1-19(2)28-22-12-10-20(11-13-22)7-6-18-25-30(26,27)24-16-14-23(15-17-24)29-21-8-4-3-5-9-21/h3-5,8-17,19,25H,6-7,18H2,1-2H3. The van der Waals surface area contributed by atoms with Crippen molar-refractivity contribution in [3.05, 3.63) is 84.4 Å². The number of ether oxygens (including phenoxy) is 2. The van der Waals surface area contributed by atoms with Crippen molar-refractivity contribution in [2.24, 2.45) is 0 Å². The summed E-state index contributed by atoms with van der Waals surface area (Å²) < 4.78 is 39.0. The molecule has 0 saturated heterocycles. The molecular formula is C24H27NO4S. The van der Waals surface area contributed by atoms with Crippen LogP contribution in [0.4, 0.5) is 0 Å². The number of hydrogen-bond donors (Lipinski definition) is 1. The number of sulfonamides is 1. The lowest BCUT2D eigenvalue weighted by atomic mass is 10.1. The average Bonchev–Trinajstić information content (AvgIpc) is 2.73. The zero-order valence-electron chi connectivity index (χ0n) is 17.2. The van der Waals surface area contributed by atoms with Gasteiger partial charge in [0.05, 0.1) is 11.0 Å². The minimum Gasteiger partial charge on any atom is -0.491 e. The Morgan fingerprint density at radius 1 is 0.800 bits per heavy atom. The molecule has 3 rings (SSSR count). The van der Waals surface area contributed by atoms with Gasteiger partial charge in [-0.05, 0) is 80.8 Å². The van der Waals surface area contributed by atoms with Crippen LogP contribution in [0.15, 0.2) is 83.8 Å². The van der Waals surface area contributed by atoms with Crippen LogP contribution in [0.2, 0.25) is 0 Å². The lowest BCUT2D eigenvalue weighted by molar-refractivity contribution is 0.242. The van der Waals surface area contributed by atoms with Gasteiger partial charge in [-0.3, -0.25) is 0 Å². The second-order valence-electron chi connectivity index (χ2n) is 7.20. The molecule has 0 aliphatic carbocycles. The summed E-state index contributed by atoms with van der Waals surface area (Å²) in [5, 5.41) is 0. The van der Waals surface area contributed by atoms with E-state index in [1.165, 1.54) is 0 Å². The van der Waals surface area contributed by atoms with Crippen molar-refractivity contribution in [2.75, 3.05) is 6.54 Å². The number of aryl methyl sites for hydroxylation is 1. The SMILES string of the molecule is CC(C)Oc1ccc(CCCNS(=O)(=O)c2ccc(Oc3ccccc3)cc2)cc1. The predicted octanol–water partition coefficient (Wildman–Crippen LogP) is 5.18. The molecule has 0 radical (unpaired) electrons. The van der Waals surface area contributed by atoms with Gasteiger partial charge < -0.3 is 9.47 Å². The van der Waals surface area contributed by atoms with Crippen molar-refractivity contribution in [3.8, 4) is 17.2 Å². The average molecular weight is 426 g/mol. The lowest BCUT2D eigenvalue weighted by Gasteiger charge is -2.10.